The van der Waals surface area contributed by atoms with Crippen LogP contribution >= 0.6 is 23.2 Å². The molecular weight excluding hydrogens is 340 g/mol. The van der Waals surface area contributed by atoms with Crippen molar-refractivity contribution >= 4 is 33.2 Å². The van der Waals surface area contributed by atoms with Crippen molar-refractivity contribution in [2.75, 3.05) is 0 Å². The Hall–Kier alpha value is -1.34. The van der Waals surface area contributed by atoms with Gasteiger partial charge in [0.15, 0.2) is 0 Å². The van der Waals surface area contributed by atoms with Crippen molar-refractivity contribution in [2.24, 2.45) is 5.14 Å². The molecule has 8 heteroatoms. The Bertz CT molecular complexity index is 764. The normalized spacial score (nSPS) is 11.4. The highest BCUT2D eigenvalue weighted by Gasteiger charge is 2.18. The van der Waals surface area contributed by atoms with E-state index in [1.807, 2.05) is 0 Å². The summed E-state index contributed by atoms with van der Waals surface area (Å²) in [5.74, 6) is -0.143. The summed E-state index contributed by atoms with van der Waals surface area (Å²) in [6.07, 6.45) is 0. The van der Waals surface area contributed by atoms with E-state index in [0.29, 0.717) is 0 Å². The lowest BCUT2D eigenvalue weighted by Gasteiger charge is -2.11. The molecule has 0 aliphatic heterocycles. The predicted molar refractivity (Wildman–Crippen MR) is 78.6 cm³/mol. The molecular formula is C13H10Cl2FNO3S. The van der Waals surface area contributed by atoms with E-state index in [9.17, 15) is 12.8 Å². The van der Waals surface area contributed by atoms with Gasteiger partial charge in [-0.25, -0.2) is 17.9 Å². The quantitative estimate of drug-likeness (QED) is 0.919. The van der Waals surface area contributed by atoms with Crippen LogP contribution in [0.4, 0.5) is 4.39 Å². The molecule has 2 aromatic rings. The van der Waals surface area contributed by atoms with E-state index in [1.54, 1.807) is 12.1 Å². The van der Waals surface area contributed by atoms with Crippen molar-refractivity contribution in [2.45, 2.75) is 11.5 Å². The van der Waals surface area contributed by atoms with Gasteiger partial charge in [-0.2, -0.15) is 0 Å². The molecule has 0 radical (unpaired) electrons. The molecule has 0 unspecified atom stereocenters. The van der Waals surface area contributed by atoms with Crippen LogP contribution in [0.5, 0.6) is 5.75 Å². The molecule has 2 rings (SSSR count). The largest absolute Gasteiger partial charge is 0.487 e. The average Bonchev–Trinajstić information content (AvgIpc) is 2.41. The Morgan fingerprint density at radius 3 is 2.24 bits per heavy atom. The summed E-state index contributed by atoms with van der Waals surface area (Å²) in [5.41, 5.74) is 0.721. The second-order valence-electron chi connectivity index (χ2n) is 4.15. The monoisotopic (exact) mass is 349 g/mol. The number of sulfonamides is 1. The summed E-state index contributed by atoms with van der Waals surface area (Å²) in [5, 5.41) is 4.76. The molecule has 0 aromatic heterocycles. The molecule has 0 bridgehead atoms. The molecule has 0 aliphatic rings. The first-order chi connectivity index (χ1) is 9.79. The molecule has 0 aliphatic carbocycles. The molecule has 0 heterocycles. The van der Waals surface area contributed by atoms with Crippen molar-refractivity contribution in [3.05, 3.63) is 57.8 Å². The molecule has 4 nitrogen and oxygen atoms in total. The van der Waals surface area contributed by atoms with Crippen LogP contribution in [0.1, 0.15) is 5.56 Å². The molecule has 21 heavy (non-hydrogen) atoms. The number of rotatable bonds is 4. The number of benzene rings is 2. The summed E-state index contributed by atoms with van der Waals surface area (Å²) < 4.78 is 40.8. The highest BCUT2D eigenvalue weighted by molar-refractivity contribution is 7.89. The minimum Gasteiger partial charge on any atom is -0.487 e. The Morgan fingerprint density at radius 1 is 1.05 bits per heavy atom. The second kappa shape index (κ2) is 6.19. The fourth-order valence-corrected chi connectivity index (χ4v) is 2.95. The number of hydrogen-bond acceptors (Lipinski definition) is 3. The smallest absolute Gasteiger partial charge is 0.239 e. The van der Waals surface area contributed by atoms with Gasteiger partial charge >= 0.3 is 0 Å². The maximum atomic E-state index is 12.8. The van der Waals surface area contributed by atoms with Crippen LogP contribution in [0, 0.1) is 5.82 Å². The topological polar surface area (TPSA) is 69.4 Å². The van der Waals surface area contributed by atoms with E-state index >= 15 is 0 Å². The molecule has 0 atom stereocenters. The predicted octanol–water partition coefficient (Wildman–Crippen LogP) is 3.36. The van der Waals surface area contributed by atoms with Gasteiger partial charge in [0.25, 0.3) is 0 Å². The molecule has 0 spiro atoms. The fraction of sp³-hybridized carbons (Fsp3) is 0.0769. The van der Waals surface area contributed by atoms with Gasteiger partial charge in [-0.3, -0.25) is 0 Å². The molecule has 2 N–H and O–H groups in total. The summed E-state index contributed by atoms with van der Waals surface area (Å²) in [6, 6.07) is 8.29. The van der Waals surface area contributed by atoms with Gasteiger partial charge in [0.2, 0.25) is 10.0 Å². The first-order valence-electron chi connectivity index (χ1n) is 5.67. The van der Waals surface area contributed by atoms with E-state index in [2.05, 4.69) is 0 Å². The van der Waals surface area contributed by atoms with Crippen LogP contribution in [0.25, 0.3) is 0 Å². The fourth-order valence-electron chi connectivity index (χ4n) is 1.59. The summed E-state index contributed by atoms with van der Waals surface area (Å²) >= 11 is 11.8. The zero-order valence-electron chi connectivity index (χ0n) is 10.5. The van der Waals surface area contributed by atoms with Gasteiger partial charge in [0.05, 0.1) is 5.02 Å². The second-order valence-corrected chi connectivity index (χ2v) is 6.44. The Morgan fingerprint density at radius 2 is 1.67 bits per heavy atom. The lowest BCUT2D eigenvalue weighted by Crippen LogP contribution is -2.13. The minimum atomic E-state index is -3.96. The SMILES string of the molecule is NS(=O)(=O)c1ccc(OCc2ccc(F)cc2)c(Cl)c1Cl. The standard InChI is InChI=1S/C13H10Cl2FNO3S/c14-12-10(5-6-11(13(12)15)21(17,18)19)20-7-8-1-3-9(16)4-2-8/h1-6H,7H2,(H2,17,18,19). The maximum Gasteiger partial charge on any atom is 0.239 e. The van der Waals surface area contributed by atoms with E-state index in [1.165, 1.54) is 24.3 Å². The van der Waals surface area contributed by atoms with Gasteiger partial charge in [-0.05, 0) is 29.8 Å². The third-order valence-electron chi connectivity index (χ3n) is 2.63. The molecule has 112 valence electrons. The molecule has 0 saturated heterocycles. The molecule has 0 saturated carbocycles. The Kier molecular flexibility index (Phi) is 4.73. The van der Waals surface area contributed by atoms with Crippen LogP contribution < -0.4 is 9.88 Å². The third kappa shape index (κ3) is 3.85. The Labute approximate surface area is 131 Å². The van der Waals surface area contributed by atoms with Gasteiger partial charge in [0, 0.05) is 0 Å². The van der Waals surface area contributed by atoms with Crippen LogP contribution in [0.3, 0.4) is 0 Å². The van der Waals surface area contributed by atoms with Gasteiger partial charge in [-0.15, -0.1) is 0 Å². The number of halogens is 3. The van der Waals surface area contributed by atoms with Crippen LogP contribution in [-0.2, 0) is 16.6 Å². The van der Waals surface area contributed by atoms with Crippen LogP contribution in [0.2, 0.25) is 10.0 Å². The van der Waals surface area contributed by atoms with Crippen molar-refractivity contribution in [3.63, 3.8) is 0 Å². The van der Waals surface area contributed by atoms with Crippen molar-refractivity contribution < 1.29 is 17.5 Å². The number of hydrogen-bond donors (Lipinski definition) is 1. The molecule has 0 fully saturated rings. The first-order valence-corrected chi connectivity index (χ1v) is 7.97. The third-order valence-corrected chi connectivity index (χ3v) is 4.56. The lowest BCUT2D eigenvalue weighted by atomic mass is 10.2. The Balaban J connectivity index is 2.22. The lowest BCUT2D eigenvalue weighted by molar-refractivity contribution is 0.306. The van der Waals surface area contributed by atoms with E-state index in [4.69, 9.17) is 33.1 Å². The van der Waals surface area contributed by atoms with Crippen molar-refractivity contribution in [1.29, 1.82) is 0 Å². The average molecular weight is 350 g/mol. The number of primary sulfonamides is 1. The van der Waals surface area contributed by atoms with E-state index < -0.39 is 10.0 Å². The van der Waals surface area contributed by atoms with Gasteiger partial charge < -0.3 is 4.74 Å². The summed E-state index contributed by atoms with van der Waals surface area (Å²) in [6.45, 7) is 0.130. The summed E-state index contributed by atoms with van der Waals surface area (Å²) in [7, 11) is -3.96. The maximum absolute atomic E-state index is 12.8. The zero-order valence-corrected chi connectivity index (χ0v) is 12.8. The van der Waals surface area contributed by atoms with Crippen molar-refractivity contribution in [1.82, 2.24) is 0 Å². The minimum absolute atomic E-state index is 0.0506. The molecule has 2 aromatic carbocycles. The first kappa shape index (κ1) is 16.0. The van der Waals surface area contributed by atoms with Gasteiger partial charge in [0.1, 0.15) is 28.1 Å². The number of nitrogens with two attached hydrogens (primary N) is 1. The van der Waals surface area contributed by atoms with E-state index in [-0.39, 0.29) is 33.1 Å². The van der Waals surface area contributed by atoms with Crippen LogP contribution in [-0.4, -0.2) is 8.42 Å². The summed E-state index contributed by atoms with van der Waals surface area (Å²) in [4.78, 5) is -0.275. The highest BCUT2D eigenvalue weighted by Crippen LogP contribution is 2.36. The van der Waals surface area contributed by atoms with Crippen molar-refractivity contribution in [3.8, 4) is 5.75 Å². The number of ether oxygens (including phenoxy) is 1. The molecule has 0 amide bonds. The highest BCUT2D eigenvalue weighted by atomic mass is 35.5. The van der Waals surface area contributed by atoms with Crippen LogP contribution in [0.15, 0.2) is 41.3 Å². The zero-order chi connectivity index (χ0) is 15.6. The van der Waals surface area contributed by atoms with E-state index in [0.717, 1.165) is 5.56 Å². The van der Waals surface area contributed by atoms with Gasteiger partial charge in [-0.1, -0.05) is 35.3 Å².